The quantitative estimate of drug-likeness (QED) is 0.915. The molecule has 0 bridgehead atoms. The van der Waals surface area contributed by atoms with Crippen LogP contribution >= 0.6 is 22.7 Å². The van der Waals surface area contributed by atoms with E-state index in [9.17, 15) is 4.79 Å². The minimum absolute atomic E-state index is 0.0750. The lowest BCUT2D eigenvalue weighted by atomic mass is 9.96. The Hall–Kier alpha value is -1.17. The molecule has 1 fully saturated rings. The van der Waals surface area contributed by atoms with Crippen LogP contribution in [0.3, 0.4) is 0 Å². The first-order valence-electron chi connectivity index (χ1n) is 7.37. The molecule has 3 nitrogen and oxygen atoms in total. The zero-order valence-electron chi connectivity index (χ0n) is 12.0. The van der Waals surface area contributed by atoms with Crippen molar-refractivity contribution in [1.82, 2.24) is 10.2 Å². The van der Waals surface area contributed by atoms with Gasteiger partial charge in [-0.25, -0.2) is 0 Å². The highest BCUT2D eigenvalue weighted by Gasteiger charge is 2.20. The van der Waals surface area contributed by atoms with E-state index in [0.29, 0.717) is 5.92 Å². The lowest BCUT2D eigenvalue weighted by Gasteiger charge is -2.31. The van der Waals surface area contributed by atoms with Crippen molar-refractivity contribution in [3.05, 3.63) is 44.8 Å². The van der Waals surface area contributed by atoms with Crippen LogP contribution in [0.15, 0.2) is 35.0 Å². The summed E-state index contributed by atoms with van der Waals surface area (Å²) in [7, 11) is 0. The number of hydrogen-bond acceptors (Lipinski definition) is 4. The van der Waals surface area contributed by atoms with Gasteiger partial charge in [-0.05, 0) is 54.7 Å². The number of nitrogens with one attached hydrogen (secondary N) is 1. The molecule has 0 aromatic carbocycles. The van der Waals surface area contributed by atoms with Crippen LogP contribution in [0.4, 0.5) is 0 Å². The van der Waals surface area contributed by atoms with Crippen LogP contribution in [0.1, 0.15) is 27.4 Å². The predicted octanol–water partition coefficient (Wildman–Crippen LogP) is 3.45. The van der Waals surface area contributed by atoms with Gasteiger partial charge in [-0.2, -0.15) is 0 Å². The fourth-order valence-corrected chi connectivity index (χ4v) is 4.09. The molecule has 0 spiro atoms. The number of rotatable bonds is 5. The Labute approximate surface area is 133 Å². The standard InChI is InChI=1S/C16H20N2OS2/c19-16(15-4-2-10-21-15)17-11-13-5-7-18(8-6-13)12-14-3-1-9-20-14/h1-4,9-10,13H,5-8,11-12H2,(H,17,19). The van der Waals surface area contributed by atoms with Gasteiger partial charge in [-0.3, -0.25) is 9.69 Å². The molecule has 3 rings (SSSR count). The molecule has 5 heteroatoms. The van der Waals surface area contributed by atoms with Crippen LogP contribution in [0, 0.1) is 5.92 Å². The Morgan fingerprint density at radius 1 is 1.19 bits per heavy atom. The summed E-state index contributed by atoms with van der Waals surface area (Å²) in [5, 5.41) is 7.15. The summed E-state index contributed by atoms with van der Waals surface area (Å²) in [6.45, 7) is 4.16. The van der Waals surface area contributed by atoms with Gasteiger partial charge in [0.15, 0.2) is 0 Å². The molecule has 1 N–H and O–H groups in total. The van der Waals surface area contributed by atoms with Gasteiger partial charge in [-0.15, -0.1) is 22.7 Å². The third-order valence-electron chi connectivity index (χ3n) is 3.96. The second-order valence-electron chi connectivity index (χ2n) is 5.49. The van der Waals surface area contributed by atoms with Crippen LogP contribution in [0.2, 0.25) is 0 Å². The van der Waals surface area contributed by atoms with Crippen molar-refractivity contribution in [2.45, 2.75) is 19.4 Å². The maximum atomic E-state index is 11.9. The zero-order valence-corrected chi connectivity index (χ0v) is 13.6. The molecule has 112 valence electrons. The van der Waals surface area contributed by atoms with E-state index in [1.165, 1.54) is 29.1 Å². The Balaban J connectivity index is 1.39. The Kier molecular flexibility index (Phi) is 5.06. The van der Waals surface area contributed by atoms with E-state index in [4.69, 9.17) is 0 Å². The Morgan fingerprint density at radius 3 is 2.62 bits per heavy atom. The molecule has 0 radical (unpaired) electrons. The lowest BCUT2D eigenvalue weighted by Crippen LogP contribution is -2.38. The molecule has 2 aromatic rings. The van der Waals surface area contributed by atoms with Crippen LogP contribution in [0.25, 0.3) is 0 Å². The molecular formula is C16H20N2OS2. The average molecular weight is 320 g/mol. The summed E-state index contributed by atoms with van der Waals surface area (Å²) < 4.78 is 0. The second kappa shape index (κ2) is 7.20. The van der Waals surface area contributed by atoms with E-state index >= 15 is 0 Å². The first-order valence-corrected chi connectivity index (χ1v) is 9.13. The van der Waals surface area contributed by atoms with Crippen LogP contribution in [-0.2, 0) is 6.54 Å². The van der Waals surface area contributed by atoms with Crippen LogP contribution in [-0.4, -0.2) is 30.4 Å². The Morgan fingerprint density at radius 2 is 1.95 bits per heavy atom. The van der Waals surface area contributed by atoms with Crippen molar-refractivity contribution >= 4 is 28.6 Å². The van der Waals surface area contributed by atoms with Crippen molar-refractivity contribution < 1.29 is 4.79 Å². The third-order valence-corrected chi connectivity index (χ3v) is 5.69. The minimum Gasteiger partial charge on any atom is -0.351 e. The van der Waals surface area contributed by atoms with Gasteiger partial charge >= 0.3 is 0 Å². The van der Waals surface area contributed by atoms with E-state index in [0.717, 1.165) is 31.1 Å². The number of nitrogens with zero attached hydrogens (tertiary/aromatic N) is 1. The first-order chi connectivity index (χ1) is 10.3. The summed E-state index contributed by atoms with van der Waals surface area (Å²) >= 11 is 3.33. The number of carbonyl (C=O) groups excluding carboxylic acids is 1. The summed E-state index contributed by atoms with van der Waals surface area (Å²) in [6.07, 6.45) is 2.35. The molecule has 1 aliphatic heterocycles. The highest BCUT2D eigenvalue weighted by atomic mass is 32.1. The summed E-state index contributed by atoms with van der Waals surface area (Å²) in [4.78, 5) is 16.7. The molecule has 1 aliphatic rings. The van der Waals surface area contributed by atoms with Crippen molar-refractivity contribution in [1.29, 1.82) is 0 Å². The SMILES string of the molecule is O=C(NCC1CCN(Cc2cccs2)CC1)c1cccs1. The monoisotopic (exact) mass is 320 g/mol. The number of amides is 1. The van der Waals surface area contributed by atoms with E-state index in [1.807, 2.05) is 28.8 Å². The number of hydrogen-bond donors (Lipinski definition) is 1. The van der Waals surface area contributed by atoms with Crippen LogP contribution in [0.5, 0.6) is 0 Å². The number of likely N-dealkylation sites (tertiary alicyclic amines) is 1. The van der Waals surface area contributed by atoms with Gasteiger partial charge in [0.05, 0.1) is 4.88 Å². The van der Waals surface area contributed by atoms with Gasteiger partial charge in [0.1, 0.15) is 0 Å². The molecular weight excluding hydrogens is 300 g/mol. The summed E-state index contributed by atoms with van der Waals surface area (Å²) in [5.74, 6) is 0.694. The van der Waals surface area contributed by atoms with E-state index in [-0.39, 0.29) is 5.91 Å². The fourth-order valence-electron chi connectivity index (χ4n) is 2.70. The molecule has 3 heterocycles. The second-order valence-corrected chi connectivity index (χ2v) is 7.47. The number of thiophene rings is 2. The minimum atomic E-state index is 0.0750. The van der Waals surface area contributed by atoms with Crippen molar-refractivity contribution in [2.24, 2.45) is 5.92 Å². The van der Waals surface area contributed by atoms with Gasteiger partial charge in [0.25, 0.3) is 5.91 Å². The molecule has 1 amide bonds. The molecule has 21 heavy (non-hydrogen) atoms. The molecule has 1 saturated heterocycles. The van der Waals surface area contributed by atoms with E-state index in [1.54, 1.807) is 0 Å². The van der Waals surface area contributed by atoms with Crippen molar-refractivity contribution in [3.8, 4) is 0 Å². The molecule has 0 aliphatic carbocycles. The highest BCUT2D eigenvalue weighted by molar-refractivity contribution is 7.12. The smallest absolute Gasteiger partial charge is 0.261 e. The van der Waals surface area contributed by atoms with Gasteiger partial charge in [0, 0.05) is 18.0 Å². The number of piperidine rings is 1. The summed E-state index contributed by atoms with van der Waals surface area (Å²) in [5.41, 5.74) is 0. The van der Waals surface area contributed by atoms with Gasteiger partial charge in [-0.1, -0.05) is 12.1 Å². The van der Waals surface area contributed by atoms with Gasteiger partial charge < -0.3 is 5.32 Å². The molecule has 0 atom stereocenters. The maximum Gasteiger partial charge on any atom is 0.261 e. The largest absolute Gasteiger partial charge is 0.351 e. The predicted molar refractivity (Wildman–Crippen MR) is 89.0 cm³/mol. The van der Waals surface area contributed by atoms with E-state index < -0.39 is 0 Å². The Bertz CT molecular complexity index is 543. The molecule has 2 aromatic heterocycles. The van der Waals surface area contributed by atoms with E-state index in [2.05, 4.69) is 27.7 Å². The maximum absolute atomic E-state index is 11.9. The van der Waals surface area contributed by atoms with Gasteiger partial charge in [0.2, 0.25) is 0 Å². The lowest BCUT2D eigenvalue weighted by molar-refractivity contribution is 0.0939. The van der Waals surface area contributed by atoms with Crippen LogP contribution < -0.4 is 5.32 Å². The van der Waals surface area contributed by atoms with Crippen molar-refractivity contribution in [2.75, 3.05) is 19.6 Å². The topological polar surface area (TPSA) is 32.3 Å². The van der Waals surface area contributed by atoms with Crippen molar-refractivity contribution in [3.63, 3.8) is 0 Å². The third kappa shape index (κ3) is 4.15. The average Bonchev–Trinajstić information content (AvgIpc) is 3.19. The fraction of sp³-hybridized carbons (Fsp3) is 0.438. The zero-order chi connectivity index (χ0) is 14.5. The summed E-state index contributed by atoms with van der Waals surface area (Å²) in [6, 6.07) is 8.12. The number of carbonyl (C=O) groups is 1. The highest BCUT2D eigenvalue weighted by Crippen LogP contribution is 2.20. The first kappa shape index (κ1) is 14.8. The normalized spacial score (nSPS) is 17.0. The molecule has 0 unspecified atom stereocenters. The molecule has 0 saturated carbocycles.